The SMILES string of the molecule is CCC(CC)CN(CC)c1ccc(C(=O)O)cc1[N+](=O)[O-]. The molecule has 0 spiro atoms. The number of carbonyl (C=O) groups is 1. The Kier molecular flexibility index (Phi) is 6.14. The van der Waals surface area contributed by atoms with Gasteiger partial charge >= 0.3 is 5.97 Å². The molecule has 0 amide bonds. The van der Waals surface area contributed by atoms with Gasteiger partial charge in [0, 0.05) is 19.2 Å². The van der Waals surface area contributed by atoms with Gasteiger partial charge in [-0.25, -0.2) is 4.79 Å². The molecule has 0 fully saturated rings. The molecule has 1 rings (SSSR count). The Morgan fingerprint density at radius 1 is 1.33 bits per heavy atom. The summed E-state index contributed by atoms with van der Waals surface area (Å²) in [6.07, 6.45) is 2.02. The third kappa shape index (κ3) is 4.18. The van der Waals surface area contributed by atoms with Crippen LogP contribution in [0.4, 0.5) is 11.4 Å². The zero-order chi connectivity index (χ0) is 16.0. The fourth-order valence-corrected chi connectivity index (χ4v) is 2.33. The van der Waals surface area contributed by atoms with Crippen molar-refractivity contribution in [3.63, 3.8) is 0 Å². The lowest BCUT2D eigenvalue weighted by Crippen LogP contribution is -2.29. The smallest absolute Gasteiger partial charge is 0.335 e. The normalized spacial score (nSPS) is 10.7. The van der Waals surface area contributed by atoms with E-state index in [-0.39, 0.29) is 11.3 Å². The quantitative estimate of drug-likeness (QED) is 0.585. The highest BCUT2D eigenvalue weighted by molar-refractivity contribution is 5.89. The average molecular weight is 294 g/mol. The summed E-state index contributed by atoms with van der Waals surface area (Å²) in [5.41, 5.74) is 0.270. The first-order valence-corrected chi connectivity index (χ1v) is 7.21. The minimum absolute atomic E-state index is 0.0657. The summed E-state index contributed by atoms with van der Waals surface area (Å²) in [6, 6.07) is 4.08. The molecule has 0 aliphatic carbocycles. The van der Waals surface area contributed by atoms with Crippen LogP contribution in [0.15, 0.2) is 18.2 Å². The maximum Gasteiger partial charge on any atom is 0.335 e. The molecule has 0 bridgehead atoms. The summed E-state index contributed by atoms with van der Waals surface area (Å²) in [4.78, 5) is 23.6. The number of benzene rings is 1. The molecule has 0 heterocycles. The summed E-state index contributed by atoms with van der Waals surface area (Å²) in [5, 5.41) is 20.2. The van der Waals surface area contributed by atoms with E-state index in [0.29, 0.717) is 18.2 Å². The molecule has 1 aromatic rings. The molecule has 0 aliphatic rings. The Labute approximate surface area is 124 Å². The van der Waals surface area contributed by atoms with Gasteiger partial charge in [-0.15, -0.1) is 0 Å². The van der Waals surface area contributed by atoms with Gasteiger partial charge in [0.15, 0.2) is 0 Å². The molecular weight excluding hydrogens is 272 g/mol. The van der Waals surface area contributed by atoms with Crippen molar-refractivity contribution < 1.29 is 14.8 Å². The molecule has 116 valence electrons. The van der Waals surface area contributed by atoms with E-state index in [1.807, 2.05) is 11.8 Å². The summed E-state index contributed by atoms with van der Waals surface area (Å²) >= 11 is 0. The van der Waals surface area contributed by atoms with Crippen molar-refractivity contribution in [3.05, 3.63) is 33.9 Å². The van der Waals surface area contributed by atoms with E-state index in [9.17, 15) is 14.9 Å². The van der Waals surface area contributed by atoms with Gasteiger partial charge in [0.1, 0.15) is 5.69 Å². The Bertz CT molecular complexity index is 512. The Hall–Kier alpha value is -2.11. The lowest BCUT2D eigenvalue weighted by Gasteiger charge is -2.27. The Balaban J connectivity index is 3.19. The molecule has 0 atom stereocenters. The second-order valence-corrected chi connectivity index (χ2v) is 4.99. The third-order valence-corrected chi connectivity index (χ3v) is 3.77. The van der Waals surface area contributed by atoms with E-state index in [1.54, 1.807) is 0 Å². The van der Waals surface area contributed by atoms with Crippen LogP contribution in [-0.2, 0) is 0 Å². The number of carboxylic acid groups (broad SMARTS) is 1. The lowest BCUT2D eigenvalue weighted by atomic mass is 10.0. The second kappa shape index (κ2) is 7.61. The van der Waals surface area contributed by atoms with Crippen LogP contribution >= 0.6 is 0 Å². The van der Waals surface area contributed by atoms with Gasteiger partial charge in [-0.3, -0.25) is 10.1 Å². The van der Waals surface area contributed by atoms with Crippen LogP contribution in [0.1, 0.15) is 44.0 Å². The monoisotopic (exact) mass is 294 g/mol. The topological polar surface area (TPSA) is 83.7 Å². The number of nitro benzene ring substituents is 1. The molecule has 6 nitrogen and oxygen atoms in total. The number of rotatable bonds is 8. The number of hydrogen-bond donors (Lipinski definition) is 1. The van der Waals surface area contributed by atoms with Crippen LogP contribution in [0.5, 0.6) is 0 Å². The van der Waals surface area contributed by atoms with E-state index in [4.69, 9.17) is 5.11 Å². The number of hydrogen-bond acceptors (Lipinski definition) is 4. The van der Waals surface area contributed by atoms with Gasteiger partial charge < -0.3 is 10.0 Å². The Morgan fingerprint density at radius 3 is 2.38 bits per heavy atom. The van der Waals surface area contributed by atoms with E-state index < -0.39 is 10.9 Å². The lowest BCUT2D eigenvalue weighted by molar-refractivity contribution is -0.384. The standard InChI is InChI=1S/C15H22N2O4/c1-4-11(5-2)10-16(6-3)13-8-7-12(15(18)19)9-14(13)17(20)21/h7-9,11H,4-6,10H2,1-3H3,(H,18,19). The predicted octanol–water partition coefficient (Wildman–Crippen LogP) is 3.56. The van der Waals surface area contributed by atoms with Crippen molar-refractivity contribution in [3.8, 4) is 0 Å². The summed E-state index contributed by atoms with van der Waals surface area (Å²) < 4.78 is 0. The molecule has 0 radical (unpaired) electrons. The van der Waals surface area contributed by atoms with Gasteiger partial charge in [0.2, 0.25) is 0 Å². The minimum atomic E-state index is -1.16. The molecule has 0 saturated carbocycles. The predicted molar refractivity (Wildman–Crippen MR) is 82.0 cm³/mol. The number of aromatic carboxylic acids is 1. The Morgan fingerprint density at radius 2 is 1.95 bits per heavy atom. The van der Waals surface area contributed by atoms with Crippen molar-refractivity contribution in [1.82, 2.24) is 0 Å². The molecule has 1 aromatic carbocycles. The molecule has 0 unspecified atom stereocenters. The van der Waals surface area contributed by atoms with Crippen LogP contribution < -0.4 is 4.90 Å². The molecule has 0 saturated heterocycles. The van der Waals surface area contributed by atoms with Gasteiger partial charge in [0.25, 0.3) is 5.69 Å². The van der Waals surface area contributed by atoms with Crippen LogP contribution in [-0.4, -0.2) is 29.1 Å². The van der Waals surface area contributed by atoms with Gasteiger partial charge in [0.05, 0.1) is 10.5 Å². The van der Waals surface area contributed by atoms with E-state index in [2.05, 4.69) is 13.8 Å². The van der Waals surface area contributed by atoms with E-state index in [1.165, 1.54) is 12.1 Å². The van der Waals surface area contributed by atoms with Gasteiger partial charge in [-0.2, -0.15) is 0 Å². The number of anilines is 1. The van der Waals surface area contributed by atoms with Crippen LogP contribution in [0, 0.1) is 16.0 Å². The van der Waals surface area contributed by atoms with Crippen molar-refractivity contribution >= 4 is 17.3 Å². The van der Waals surface area contributed by atoms with Gasteiger partial charge in [-0.1, -0.05) is 26.7 Å². The van der Waals surface area contributed by atoms with Crippen molar-refractivity contribution in [2.45, 2.75) is 33.6 Å². The summed E-state index contributed by atoms with van der Waals surface area (Å²) in [7, 11) is 0. The fourth-order valence-electron chi connectivity index (χ4n) is 2.33. The van der Waals surface area contributed by atoms with Crippen molar-refractivity contribution in [2.75, 3.05) is 18.0 Å². The molecule has 0 aliphatic heterocycles. The first-order valence-electron chi connectivity index (χ1n) is 7.21. The number of carboxylic acids is 1. The highest BCUT2D eigenvalue weighted by atomic mass is 16.6. The maximum atomic E-state index is 11.2. The molecule has 21 heavy (non-hydrogen) atoms. The van der Waals surface area contributed by atoms with Crippen LogP contribution in [0.3, 0.4) is 0 Å². The minimum Gasteiger partial charge on any atom is -0.478 e. The number of nitro groups is 1. The largest absolute Gasteiger partial charge is 0.478 e. The first kappa shape index (κ1) is 16.9. The average Bonchev–Trinajstić information content (AvgIpc) is 2.48. The second-order valence-electron chi connectivity index (χ2n) is 4.99. The zero-order valence-corrected chi connectivity index (χ0v) is 12.7. The summed E-state index contributed by atoms with van der Waals surface area (Å²) in [6.45, 7) is 7.52. The third-order valence-electron chi connectivity index (χ3n) is 3.77. The molecule has 1 N–H and O–H groups in total. The fraction of sp³-hybridized carbons (Fsp3) is 0.533. The summed E-state index contributed by atoms with van der Waals surface area (Å²) in [5.74, 6) is -0.698. The van der Waals surface area contributed by atoms with Crippen LogP contribution in [0.2, 0.25) is 0 Å². The van der Waals surface area contributed by atoms with Gasteiger partial charge in [-0.05, 0) is 25.0 Å². The molecule has 6 heteroatoms. The maximum absolute atomic E-state index is 11.2. The van der Waals surface area contributed by atoms with E-state index in [0.717, 1.165) is 25.5 Å². The van der Waals surface area contributed by atoms with Crippen LogP contribution in [0.25, 0.3) is 0 Å². The molecular formula is C15H22N2O4. The van der Waals surface area contributed by atoms with Crippen molar-refractivity contribution in [2.24, 2.45) is 5.92 Å². The van der Waals surface area contributed by atoms with Crippen molar-refractivity contribution in [1.29, 1.82) is 0 Å². The van der Waals surface area contributed by atoms with E-state index >= 15 is 0 Å². The highest BCUT2D eigenvalue weighted by Gasteiger charge is 2.22. The molecule has 0 aromatic heterocycles. The number of nitrogens with zero attached hydrogens (tertiary/aromatic N) is 2. The first-order chi connectivity index (χ1) is 9.94. The highest BCUT2D eigenvalue weighted by Crippen LogP contribution is 2.30. The zero-order valence-electron chi connectivity index (χ0n) is 12.7.